The maximum atomic E-state index is 14.2. The molecule has 0 amide bonds. The third-order valence-electron chi connectivity index (χ3n) is 8.24. The Hall–Kier alpha value is -2.95. The normalized spacial score (nSPS) is 11.2. The number of ketones is 1. The highest BCUT2D eigenvalue weighted by Crippen LogP contribution is 2.39. The zero-order valence-electron chi connectivity index (χ0n) is 29.9. The molecular weight excluding hydrogens is 572 g/mol. The fraction of sp³-hybridized carbons (Fsp3) is 0.634. The van der Waals surface area contributed by atoms with Crippen LogP contribution in [0.25, 0.3) is 6.08 Å². The Balaban J connectivity index is 2.42. The van der Waals surface area contributed by atoms with Crippen molar-refractivity contribution in [3.05, 3.63) is 53.1 Å². The van der Waals surface area contributed by atoms with Crippen molar-refractivity contribution in [1.29, 1.82) is 0 Å². The largest absolute Gasteiger partial charge is 0.493 e. The van der Waals surface area contributed by atoms with Gasteiger partial charge in [0.1, 0.15) is 17.1 Å². The molecule has 0 saturated heterocycles. The molecule has 0 atom stereocenters. The van der Waals surface area contributed by atoms with Crippen molar-refractivity contribution in [2.45, 2.75) is 144 Å². The van der Waals surface area contributed by atoms with E-state index in [1.807, 2.05) is 24.3 Å². The van der Waals surface area contributed by atoms with E-state index in [4.69, 9.17) is 18.9 Å². The minimum atomic E-state index is -0.153. The summed E-state index contributed by atoms with van der Waals surface area (Å²) in [4.78, 5) is 14.2. The predicted octanol–water partition coefficient (Wildman–Crippen LogP) is 12.0. The van der Waals surface area contributed by atoms with E-state index in [-0.39, 0.29) is 5.78 Å². The lowest BCUT2D eigenvalue weighted by Gasteiger charge is -2.19. The first-order valence-corrected chi connectivity index (χ1v) is 18.6. The Morgan fingerprint density at radius 1 is 0.543 bits per heavy atom. The molecule has 0 spiro atoms. The summed E-state index contributed by atoms with van der Waals surface area (Å²) in [5.41, 5.74) is 2.56. The minimum absolute atomic E-state index is 0.153. The highest BCUT2D eigenvalue weighted by Gasteiger charge is 2.23. The van der Waals surface area contributed by atoms with E-state index < -0.39 is 0 Å². The molecule has 2 aromatic rings. The van der Waals surface area contributed by atoms with Crippen LogP contribution in [0.5, 0.6) is 23.0 Å². The maximum absolute atomic E-state index is 14.2. The summed E-state index contributed by atoms with van der Waals surface area (Å²) in [6, 6.07) is 10.1. The van der Waals surface area contributed by atoms with Gasteiger partial charge in [-0.1, -0.05) is 118 Å². The third kappa shape index (κ3) is 15.1. The first-order valence-electron chi connectivity index (χ1n) is 18.6. The molecule has 2 aromatic carbocycles. The fourth-order valence-corrected chi connectivity index (χ4v) is 5.32. The van der Waals surface area contributed by atoms with Gasteiger partial charge in [0.25, 0.3) is 0 Å². The van der Waals surface area contributed by atoms with E-state index in [0.717, 1.165) is 75.5 Å². The van der Waals surface area contributed by atoms with Crippen LogP contribution in [0.1, 0.15) is 159 Å². The van der Waals surface area contributed by atoms with Crippen LogP contribution < -0.4 is 18.9 Å². The van der Waals surface area contributed by atoms with E-state index in [1.165, 1.54) is 50.5 Å². The van der Waals surface area contributed by atoms with Gasteiger partial charge in [-0.3, -0.25) is 4.79 Å². The average Bonchev–Trinajstić information content (AvgIpc) is 3.07. The topological polar surface area (TPSA) is 54.0 Å². The summed E-state index contributed by atoms with van der Waals surface area (Å²) in [5, 5.41) is 0. The number of aryl methyl sites for hydroxylation is 1. The summed E-state index contributed by atoms with van der Waals surface area (Å²) in [6.45, 7) is 13.3. The van der Waals surface area contributed by atoms with E-state index in [1.54, 1.807) is 6.08 Å². The summed E-state index contributed by atoms with van der Waals surface area (Å²) in [7, 11) is 0. The number of carbonyl (C=O) groups excluding carboxylic acids is 1. The molecule has 0 bridgehead atoms. The zero-order chi connectivity index (χ0) is 33.2. The van der Waals surface area contributed by atoms with E-state index >= 15 is 0 Å². The molecular formula is C41H64O5. The summed E-state index contributed by atoms with van der Waals surface area (Å²) in [6.07, 6.45) is 22.2. The molecule has 0 N–H and O–H groups in total. The molecule has 0 heterocycles. The van der Waals surface area contributed by atoms with E-state index in [0.29, 0.717) is 49.2 Å². The lowest BCUT2D eigenvalue weighted by molar-refractivity contribution is 0.103. The van der Waals surface area contributed by atoms with Crippen LogP contribution >= 0.6 is 0 Å². The number of benzene rings is 2. The molecule has 0 aliphatic carbocycles. The maximum Gasteiger partial charge on any atom is 0.193 e. The molecule has 0 fully saturated rings. The highest BCUT2D eigenvalue weighted by molar-refractivity contribution is 6.11. The number of ether oxygens (including phenoxy) is 4. The van der Waals surface area contributed by atoms with Gasteiger partial charge in [-0.05, 0) is 74.1 Å². The summed E-state index contributed by atoms with van der Waals surface area (Å²) in [5.74, 6) is 2.33. The van der Waals surface area contributed by atoms with Crippen LogP contribution in [0.4, 0.5) is 0 Å². The molecule has 0 aromatic heterocycles. The second-order valence-electron chi connectivity index (χ2n) is 12.3. The molecule has 0 aliphatic rings. The van der Waals surface area contributed by atoms with Gasteiger partial charge in [0.15, 0.2) is 17.3 Å². The minimum Gasteiger partial charge on any atom is -0.493 e. The molecule has 5 nitrogen and oxygen atoms in total. The predicted molar refractivity (Wildman–Crippen MR) is 194 cm³/mol. The van der Waals surface area contributed by atoms with Crippen molar-refractivity contribution in [2.75, 3.05) is 26.4 Å². The number of carbonyl (C=O) groups is 1. The van der Waals surface area contributed by atoms with Crippen LogP contribution in [-0.2, 0) is 6.42 Å². The van der Waals surface area contributed by atoms with E-state index in [2.05, 4.69) is 46.8 Å². The summed E-state index contributed by atoms with van der Waals surface area (Å²) >= 11 is 0. The fourth-order valence-electron chi connectivity index (χ4n) is 5.32. The monoisotopic (exact) mass is 636 g/mol. The SMILES string of the molecule is CCCCCCOc1ccc(CC)cc1/C=C\C(=O)c1c(OCCCCCC)ccc(OCCCCCC)c1OCCCCCC. The Bertz CT molecular complexity index is 1120. The average molecular weight is 637 g/mol. The molecule has 0 radical (unpaired) electrons. The number of hydrogen-bond acceptors (Lipinski definition) is 5. The van der Waals surface area contributed by atoms with Gasteiger partial charge in [0, 0.05) is 5.56 Å². The van der Waals surface area contributed by atoms with Crippen LogP contribution in [0, 0.1) is 0 Å². The Morgan fingerprint density at radius 2 is 1.00 bits per heavy atom. The molecule has 46 heavy (non-hydrogen) atoms. The molecule has 2 rings (SSSR count). The van der Waals surface area contributed by atoms with Gasteiger partial charge >= 0.3 is 0 Å². The molecule has 0 saturated carbocycles. The van der Waals surface area contributed by atoms with Crippen molar-refractivity contribution in [3.8, 4) is 23.0 Å². The lowest BCUT2D eigenvalue weighted by atomic mass is 10.0. The Kier molecular flexibility index (Phi) is 21.5. The number of allylic oxidation sites excluding steroid dienone is 1. The quantitative estimate of drug-likeness (QED) is 0.0528. The zero-order valence-corrected chi connectivity index (χ0v) is 29.9. The molecule has 0 unspecified atom stereocenters. The Labute approximate surface area is 281 Å². The standard InChI is InChI=1S/C41H64O5/c1-6-11-15-19-29-43-37-26-23-34(10-5)33-35(37)24-25-36(42)40-38(44-30-20-16-12-7-2)27-28-39(45-31-21-17-13-8-3)41(40)46-32-22-18-14-9-4/h23-28,33H,6-22,29-32H2,1-5H3/b25-24-. The van der Waals surface area contributed by atoms with Gasteiger partial charge in [-0.25, -0.2) is 0 Å². The first-order chi connectivity index (χ1) is 22.6. The van der Waals surface area contributed by atoms with Gasteiger partial charge in [0.2, 0.25) is 0 Å². The second-order valence-corrected chi connectivity index (χ2v) is 12.3. The van der Waals surface area contributed by atoms with Crippen LogP contribution in [0.15, 0.2) is 36.4 Å². The smallest absolute Gasteiger partial charge is 0.193 e. The first kappa shape index (κ1) is 39.2. The molecule has 258 valence electrons. The highest BCUT2D eigenvalue weighted by atomic mass is 16.5. The van der Waals surface area contributed by atoms with Gasteiger partial charge in [0.05, 0.1) is 26.4 Å². The van der Waals surface area contributed by atoms with E-state index in [9.17, 15) is 4.79 Å². The second kappa shape index (κ2) is 25.2. The van der Waals surface area contributed by atoms with Crippen molar-refractivity contribution < 1.29 is 23.7 Å². The van der Waals surface area contributed by atoms with Crippen molar-refractivity contribution in [2.24, 2.45) is 0 Å². The van der Waals surface area contributed by atoms with Gasteiger partial charge in [-0.2, -0.15) is 0 Å². The third-order valence-corrected chi connectivity index (χ3v) is 8.24. The molecule has 0 aliphatic heterocycles. The van der Waals surface area contributed by atoms with Crippen LogP contribution in [0.2, 0.25) is 0 Å². The number of unbranched alkanes of at least 4 members (excludes halogenated alkanes) is 12. The van der Waals surface area contributed by atoms with Crippen LogP contribution in [-0.4, -0.2) is 32.2 Å². The van der Waals surface area contributed by atoms with Crippen LogP contribution in [0.3, 0.4) is 0 Å². The molecule has 5 heteroatoms. The van der Waals surface area contributed by atoms with Gasteiger partial charge < -0.3 is 18.9 Å². The van der Waals surface area contributed by atoms with Crippen molar-refractivity contribution >= 4 is 11.9 Å². The van der Waals surface area contributed by atoms with Crippen molar-refractivity contribution in [1.82, 2.24) is 0 Å². The number of rotatable bonds is 28. The Morgan fingerprint density at radius 3 is 1.52 bits per heavy atom. The lowest BCUT2D eigenvalue weighted by Crippen LogP contribution is -2.10. The number of hydrogen-bond donors (Lipinski definition) is 0. The van der Waals surface area contributed by atoms with Gasteiger partial charge in [-0.15, -0.1) is 0 Å². The summed E-state index contributed by atoms with van der Waals surface area (Å²) < 4.78 is 25.2. The van der Waals surface area contributed by atoms with Crippen molar-refractivity contribution in [3.63, 3.8) is 0 Å².